The minimum absolute atomic E-state index is 0.124. The lowest BCUT2D eigenvalue weighted by Gasteiger charge is -2.35. The van der Waals surface area contributed by atoms with Gasteiger partial charge in [0, 0.05) is 24.9 Å². The summed E-state index contributed by atoms with van der Waals surface area (Å²) in [6.45, 7) is 4.15. The van der Waals surface area contributed by atoms with Gasteiger partial charge in [0.05, 0.1) is 13.2 Å². The van der Waals surface area contributed by atoms with Crippen molar-refractivity contribution in [3.63, 3.8) is 0 Å². The van der Waals surface area contributed by atoms with E-state index in [2.05, 4.69) is 5.16 Å². The Morgan fingerprint density at radius 1 is 1.52 bits per heavy atom. The number of esters is 1. The molecule has 0 saturated carbocycles. The van der Waals surface area contributed by atoms with E-state index >= 15 is 0 Å². The molecule has 7 heteroatoms. The van der Waals surface area contributed by atoms with E-state index in [1.807, 2.05) is 13.8 Å². The molecule has 0 unspecified atom stereocenters. The Hall–Kier alpha value is -1.89. The molecule has 0 radical (unpaired) electrons. The summed E-state index contributed by atoms with van der Waals surface area (Å²) in [5, 5.41) is 13.5. The highest BCUT2D eigenvalue weighted by atomic mass is 16.5. The zero-order chi connectivity index (χ0) is 15.6. The smallest absolute Gasteiger partial charge is 0.328 e. The van der Waals surface area contributed by atoms with Crippen LogP contribution < -0.4 is 0 Å². The van der Waals surface area contributed by atoms with Gasteiger partial charge < -0.3 is 19.3 Å². The molecule has 0 aliphatic carbocycles. The molecule has 0 aromatic carbocycles. The number of aliphatic hydroxyl groups is 1. The van der Waals surface area contributed by atoms with Gasteiger partial charge in [-0.05, 0) is 6.42 Å². The molecular formula is C14H20N2O5. The maximum Gasteiger partial charge on any atom is 0.328 e. The van der Waals surface area contributed by atoms with Gasteiger partial charge in [-0.15, -0.1) is 0 Å². The Balaban J connectivity index is 2.20. The number of carbonyl (C=O) groups excluding carboxylic acids is 2. The maximum atomic E-state index is 12.5. The van der Waals surface area contributed by atoms with Crippen molar-refractivity contribution in [1.29, 1.82) is 0 Å². The van der Waals surface area contributed by atoms with Crippen LogP contribution in [0.1, 0.15) is 48.9 Å². The molecule has 1 aromatic rings. The predicted molar refractivity (Wildman–Crippen MR) is 72.7 cm³/mol. The molecule has 2 heterocycles. The van der Waals surface area contributed by atoms with Crippen LogP contribution in [0.2, 0.25) is 0 Å². The molecule has 7 nitrogen and oxygen atoms in total. The number of ether oxygens (including phenoxy) is 1. The Labute approximate surface area is 122 Å². The summed E-state index contributed by atoms with van der Waals surface area (Å²) in [4.78, 5) is 25.7. The van der Waals surface area contributed by atoms with Crippen LogP contribution in [-0.4, -0.2) is 52.8 Å². The average molecular weight is 296 g/mol. The number of aliphatic hydroxyl groups excluding tert-OH is 1. The van der Waals surface area contributed by atoms with Crippen molar-refractivity contribution in [3.05, 3.63) is 17.5 Å². The summed E-state index contributed by atoms with van der Waals surface area (Å²) < 4.78 is 9.83. The maximum absolute atomic E-state index is 12.5. The van der Waals surface area contributed by atoms with Gasteiger partial charge in [0.25, 0.3) is 5.91 Å². The lowest BCUT2D eigenvalue weighted by Crippen LogP contribution is -2.51. The fraction of sp³-hybridized carbons (Fsp3) is 0.643. The van der Waals surface area contributed by atoms with Gasteiger partial charge in [-0.25, -0.2) is 4.79 Å². The summed E-state index contributed by atoms with van der Waals surface area (Å²) in [5.74, 6) is -0.175. The Bertz CT molecular complexity index is 525. The van der Waals surface area contributed by atoms with Gasteiger partial charge in [-0.3, -0.25) is 4.79 Å². The molecule has 1 fully saturated rings. The quantitative estimate of drug-likeness (QED) is 0.834. The molecule has 2 atom stereocenters. The summed E-state index contributed by atoms with van der Waals surface area (Å²) >= 11 is 0. The number of hydrogen-bond donors (Lipinski definition) is 1. The van der Waals surface area contributed by atoms with Crippen molar-refractivity contribution < 1.29 is 24.0 Å². The first-order valence-electron chi connectivity index (χ1n) is 6.97. The first-order valence-corrected chi connectivity index (χ1v) is 6.97. The summed E-state index contributed by atoms with van der Waals surface area (Å²) in [7, 11) is 1.26. The Kier molecular flexibility index (Phi) is 4.62. The summed E-state index contributed by atoms with van der Waals surface area (Å²) in [6.07, 6.45) is -0.0109. The van der Waals surface area contributed by atoms with E-state index in [1.165, 1.54) is 12.0 Å². The van der Waals surface area contributed by atoms with Crippen LogP contribution in [0.4, 0.5) is 0 Å². The number of likely N-dealkylation sites (tertiary alicyclic amines) is 1. The normalized spacial score (nSPS) is 22.4. The van der Waals surface area contributed by atoms with E-state index in [4.69, 9.17) is 9.26 Å². The van der Waals surface area contributed by atoms with Gasteiger partial charge in [-0.1, -0.05) is 19.0 Å². The van der Waals surface area contributed by atoms with Crippen molar-refractivity contribution in [3.8, 4) is 0 Å². The van der Waals surface area contributed by atoms with Crippen LogP contribution in [0.25, 0.3) is 0 Å². The van der Waals surface area contributed by atoms with Gasteiger partial charge in [-0.2, -0.15) is 0 Å². The number of carbonyl (C=O) groups is 2. The Morgan fingerprint density at radius 3 is 2.81 bits per heavy atom. The first kappa shape index (κ1) is 15.5. The van der Waals surface area contributed by atoms with Gasteiger partial charge in [0.2, 0.25) is 0 Å². The molecule has 1 saturated heterocycles. The van der Waals surface area contributed by atoms with E-state index in [1.54, 1.807) is 6.07 Å². The molecule has 1 aromatic heterocycles. The lowest BCUT2D eigenvalue weighted by molar-refractivity contribution is -0.148. The number of amides is 1. The van der Waals surface area contributed by atoms with Gasteiger partial charge in [0.15, 0.2) is 5.69 Å². The van der Waals surface area contributed by atoms with Crippen LogP contribution in [0.5, 0.6) is 0 Å². The third-order valence-corrected chi connectivity index (χ3v) is 3.63. The number of rotatable bonds is 3. The van der Waals surface area contributed by atoms with E-state index in [0.717, 1.165) is 0 Å². The second kappa shape index (κ2) is 6.26. The standard InChI is InChI=1S/C14H20N2O5/c1-8(2)12-7-10(15-21-12)13(18)16-5-4-9(17)6-11(16)14(19)20-3/h7-9,11,17H,4-6H2,1-3H3/t9-,11+/m0/s1. The molecule has 1 aliphatic heterocycles. The molecule has 21 heavy (non-hydrogen) atoms. The fourth-order valence-corrected chi connectivity index (χ4v) is 2.36. The number of nitrogens with zero attached hydrogens (tertiary/aromatic N) is 2. The van der Waals surface area contributed by atoms with Crippen molar-refractivity contribution in [2.75, 3.05) is 13.7 Å². The van der Waals surface area contributed by atoms with Gasteiger partial charge in [0.1, 0.15) is 11.8 Å². The molecule has 0 spiro atoms. The highest BCUT2D eigenvalue weighted by molar-refractivity contribution is 5.95. The van der Waals surface area contributed by atoms with Crippen molar-refractivity contribution in [2.24, 2.45) is 0 Å². The topological polar surface area (TPSA) is 92.9 Å². The van der Waals surface area contributed by atoms with E-state index in [0.29, 0.717) is 12.2 Å². The van der Waals surface area contributed by atoms with Crippen LogP contribution in [0.15, 0.2) is 10.6 Å². The molecule has 1 aliphatic rings. The minimum Gasteiger partial charge on any atom is -0.467 e. The third kappa shape index (κ3) is 3.24. The zero-order valence-electron chi connectivity index (χ0n) is 12.4. The SMILES string of the molecule is COC(=O)[C@H]1C[C@@H](O)CCN1C(=O)c1cc(C(C)C)on1. The molecule has 116 valence electrons. The number of piperidine rings is 1. The summed E-state index contributed by atoms with van der Waals surface area (Å²) in [5.41, 5.74) is 0.170. The van der Waals surface area contributed by atoms with E-state index in [9.17, 15) is 14.7 Å². The van der Waals surface area contributed by atoms with E-state index < -0.39 is 18.1 Å². The second-order valence-electron chi connectivity index (χ2n) is 5.48. The number of hydrogen-bond acceptors (Lipinski definition) is 6. The highest BCUT2D eigenvalue weighted by Crippen LogP contribution is 2.22. The van der Waals surface area contributed by atoms with Crippen LogP contribution in [0, 0.1) is 0 Å². The van der Waals surface area contributed by atoms with Crippen molar-refractivity contribution in [1.82, 2.24) is 10.1 Å². The molecule has 0 bridgehead atoms. The Morgan fingerprint density at radius 2 is 2.24 bits per heavy atom. The van der Waals surface area contributed by atoms with Crippen LogP contribution in [0.3, 0.4) is 0 Å². The van der Waals surface area contributed by atoms with Crippen LogP contribution >= 0.6 is 0 Å². The fourth-order valence-electron chi connectivity index (χ4n) is 2.36. The number of methoxy groups -OCH3 is 1. The molecular weight excluding hydrogens is 276 g/mol. The van der Waals surface area contributed by atoms with E-state index in [-0.39, 0.29) is 30.5 Å². The molecule has 1 amide bonds. The molecule has 1 N–H and O–H groups in total. The highest BCUT2D eigenvalue weighted by Gasteiger charge is 2.37. The predicted octanol–water partition coefficient (Wildman–Crippen LogP) is 0.936. The number of aromatic nitrogens is 1. The second-order valence-corrected chi connectivity index (χ2v) is 5.48. The van der Waals surface area contributed by atoms with Gasteiger partial charge >= 0.3 is 5.97 Å². The lowest BCUT2D eigenvalue weighted by atomic mass is 9.99. The summed E-state index contributed by atoms with van der Waals surface area (Å²) in [6, 6.07) is 0.803. The first-order chi connectivity index (χ1) is 9.93. The monoisotopic (exact) mass is 296 g/mol. The zero-order valence-corrected chi connectivity index (χ0v) is 12.4. The third-order valence-electron chi connectivity index (χ3n) is 3.63. The largest absolute Gasteiger partial charge is 0.467 e. The van der Waals surface area contributed by atoms with Crippen LogP contribution in [-0.2, 0) is 9.53 Å². The van der Waals surface area contributed by atoms with Crippen molar-refractivity contribution in [2.45, 2.75) is 44.8 Å². The minimum atomic E-state index is -0.787. The van der Waals surface area contributed by atoms with Crippen molar-refractivity contribution >= 4 is 11.9 Å². The average Bonchev–Trinajstić information content (AvgIpc) is 2.95. The molecule has 2 rings (SSSR count).